The van der Waals surface area contributed by atoms with Crippen LogP contribution in [0.1, 0.15) is 20.3 Å². The largest absolute Gasteiger partial charge is 0.309 e. The Labute approximate surface area is 77.4 Å². The summed E-state index contributed by atoms with van der Waals surface area (Å²) in [7, 11) is 0. The van der Waals surface area contributed by atoms with E-state index in [0.29, 0.717) is 0 Å². The van der Waals surface area contributed by atoms with Crippen molar-refractivity contribution in [2.45, 2.75) is 26.3 Å². The zero-order chi connectivity index (χ0) is 8.43. The summed E-state index contributed by atoms with van der Waals surface area (Å²) >= 11 is 3.33. The molecule has 1 rings (SSSR count). The lowest BCUT2D eigenvalue weighted by atomic mass is 9.71. The van der Waals surface area contributed by atoms with Crippen molar-refractivity contribution in [3.63, 3.8) is 0 Å². The highest BCUT2D eigenvalue weighted by Gasteiger charge is 2.33. The predicted molar refractivity (Wildman–Crippen MR) is 52.8 cm³/mol. The number of hydrogen-bond acceptors (Lipinski definition) is 1. The molecule has 0 heterocycles. The zero-order valence-electron chi connectivity index (χ0n) is 7.23. The summed E-state index contributed by atoms with van der Waals surface area (Å²) in [5.41, 5.74) is 0. The van der Waals surface area contributed by atoms with E-state index >= 15 is 0 Å². The third kappa shape index (κ3) is 2.31. The Morgan fingerprint density at radius 2 is 2.27 bits per heavy atom. The molecule has 64 valence electrons. The Hall–Kier alpha value is 0.180. The summed E-state index contributed by atoms with van der Waals surface area (Å²) in [5, 5.41) is 3.45. The van der Waals surface area contributed by atoms with Crippen molar-refractivity contribution in [1.82, 2.24) is 5.32 Å². The molecule has 11 heavy (non-hydrogen) atoms. The van der Waals surface area contributed by atoms with Gasteiger partial charge >= 0.3 is 0 Å². The van der Waals surface area contributed by atoms with Crippen LogP contribution in [0.5, 0.6) is 0 Å². The fraction of sp³-hybridized carbons (Fsp3) is 0.778. The molecule has 1 N–H and O–H groups in total. The number of nitrogens with one attached hydrogen (secondary N) is 1. The molecule has 0 aromatic heterocycles. The topological polar surface area (TPSA) is 12.0 Å². The first kappa shape index (κ1) is 9.27. The van der Waals surface area contributed by atoms with Gasteiger partial charge in [-0.05, 0) is 18.3 Å². The monoisotopic (exact) mass is 217 g/mol. The van der Waals surface area contributed by atoms with Gasteiger partial charge in [-0.2, -0.15) is 0 Å². The molecule has 1 aliphatic carbocycles. The fourth-order valence-electron chi connectivity index (χ4n) is 1.54. The van der Waals surface area contributed by atoms with Gasteiger partial charge in [0, 0.05) is 17.1 Å². The Bertz CT molecular complexity index is 156. The van der Waals surface area contributed by atoms with Crippen LogP contribution >= 0.6 is 15.9 Å². The van der Waals surface area contributed by atoms with Gasteiger partial charge in [-0.3, -0.25) is 0 Å². The first-order chi connectivity index (χ1) is 5.11. The van der Waals surface area contributed by atoms with E-state index in [9.17, 15) is 0 Å². The van der Waals surface area contributed by atoms with Crippen LogP contribution in [0.25, 0.3) is 0 Å². The van der Waals surface area contributed by atoms with E-state index in [1.54, 1.807) is 0 Å². The first-order valence-electron chi connectivity index (χ1n) is 4.18. The summed E-state index contributed by atoms with van der Waals surface area (Å²) in [4.78, 5) is 0. The number of rotatable bonds is 3. The summed E-state index contributed by atoms with van der Waals surface area (Å²) in [6, 6.07) is 0.722. The third-order valence-electron chi connectivity index (χ3n) is 2.71. The van der Waals surface area contributed by atoms with Crippen molar-refractivity contribution in [1.29, 1.82) is 0 Å². The van der Waals surface area contributed by atoms with E-state index in [-0.39, 0.29) is 0 Å². The van der Waals surface area contributed by atoms with Crippen molar-refractivity contribution in [2.24, 2.45) is 11.8 Å². The number of halogens is 1. The van der Waals surface area contributed by atoms with Crippen LogP contribution in [-0.2, 0) is 0 Å². The highest BCUT2D eigenvalue weighted by molar-refractivity contribution is 9.11. The second-order valence-corrected chi connectivity index (χ2v) is 4.70. The second kappa shape index (κ2) is 3.72. The quantitative estimate of drug-likeness (QED) is 0.767. The third-order valence-corrected chi connectivity index (χ3v) is 2.99. The normalized spacial score (nSPS) is 36.5. The molecule has 0 aliphatic heterocycles. The summed E-state index contributed by atoms with van der Waals surface area (Å²) in [6.07, 6.45) is 1.32. The molecule has 0 radical (unpaired) electrons. The van der Waals surface area contributed by atoms with Crippen molar-refractivity contribution in [3.05, 3.63) is 11.1 Å². The van der Waals surface area contributed by atoms with E-state index in [1.165, 1.54) is 6.42 Å². The molecule has 0 aromatic rings. The van der Waals surface area contributed by atoms with E-state index in [4.69, 9.17) is 0 Å². The fourth-order valence-corrected chi connectivity index (χ4v) is 1.70. The molecule has 3 atom stereocenters. The van der Waals surface area contributed by atoms with Gasteiger partial charge in [0.1, 0.15) is 0 Å². The van der Waals surface area contributed by atoms with Gasteiger partial charge in [0.15, 0.2) is 0 Å². The van der Waals surface area contributed by atoms with Crippen LogP contribution in [-0.4, -0.2) is 12.6 Å². The Kier molecular flexibility index (Phi) is 3.14. The van der Waals surface area contributed by atoms with Crippen LogP contribution in [0.4, 0.5) is 0 Å². The van der Waals surface area contributed by atoms with E-state index < -0.39 is 0 Å². The van der Waals surface area contributed by atoms with Gasteiger partial charge in [-0.25, -0.2) is 0 Å². The molecule has 2 heteroatoms. The minimum Gasteiger partial charge on any atom is -0.309 e. The van der Waals surface area contributed by atoms with E-state index in [1.807, 2.05) is 0 Å². The molecule has 1 aliphatic rings. The molecule has 0 amide bonds. The molecular formula is C9H16BrN. The molecule has 0 spiro atoms. The van der Waals surface area contributed by atoms with Crippen LogP contribution in [0.2, 0.25) is 0 Å². The van der Waals surface area contributed by atoms with Crippen molar-refractivity contribution < 1.29 is 0 Å². The Morgan fingerprint density at radius 3 is 2.64 bits per heavy atom. The average Bonchev–Trinajstić information content (AvgIpc) is 1.96. The lowest BCUT2D eigenvalue weighted by Gasteiger charge is -2.41. The molecular weight excluding hydrogens is 202 g/mol. The molecule has 0 aromatic carbocycles. The summed E-state index contributed by atoms with van der Waals surface area (Å²) in [6.45, 7) is 9.31. The highest BCUT2D eigenvalue weighted by Crippen LogP contribution is 2.33. The van der Waals surface area contributed by atoms with Gasteiger partial charge in [0.2, 0.25) is 0 Å². The number of hydrogen-bond donors (Lipinski definition) is 1. The lowest BCUT2D eigenvalue weighted by Crippen LogP contribution is -2.48. The summed E-state index contributed by atoms with van der Waals surface area (Å²) in [5.74, 6) is 1.73. The lowest BCUT2D eigenvalue weighted by molar-refractivity contribution is 0.141. The van der Waals surface area contributed by atoms with Crippen LogP contribution in [0.15, 0.2) is 11.1 Å². The summed E-state index contributed by atoms with van der Waals surface area (Å²) < 4.78 is 1.05. The smallest absolute Gasteiger partial charge is 0.0268 e. The molecule has 1 nitrogen and oxygen atoms in total. The molecule has 0 bridgehead atoms. The molecule has 0 saturated heterocycles. The SMILES string of the molecule is C=C(Br)CNC1CC(C)C1C. The molecule has 1 saturated carbocycles. The van der Waals surface area contributed by atoms with E-state index in [2.05, 4.69) is 41.7 Å². The minimum atomic E-state index is 0.722. The van der Waals surface area contributed by atoms with Gasteiger partial charge in [0.25, 0.3) is 0 Å². The Balaban J connectivity index is 2.15. The average molecular weight is 218 g/mol. The van der Waals surface area contributed by atoms with E-state index in [0.717, 1.165) is 28.9 Å². The van der Waals surface area contributed by atoms with Crippen LogP contribution < -0.4 is 5.32 Å². The second-order valence-electron chi connectivity index (χ2n) is 3.58. The van der Waals surface area contributed by atoms with Gasteiger partial charge in [-0.1, -0.05) is 36.4 Å². The van der Waals surface area contributed by atoms with Crippen LogP contribution in [0.3, 0.4) is 0 Å². The maximum Gasteiger partial charge on any atom is 0.0268 e. The highest BCUT2D eigenvalue weighted by atomic mass is 79.9. The standard InChI is InChI=1S/C9H16BrN/c1-6-4-9(8(6)3)11-5-7(2)10/h6,8-9,11H,2,4-5H2,1,3H3. The van der Waals surface area contributed by atoms with Crippen LogP contribution in [0, 0.1) is 11.8 Å². The van der Waals surface area contributed by atoms with Gasteiger partial charge in [-0.15, -0.1) is 0 Å². The maximum absolute atomic E-state index is 3.78. The predicted octanol–water partition coefficient (Wildman–Crippen LogP) is 2.53. The first-order valence-corrected chi connectivity index (χ1v) is 4.97. The van der Waals surface area contributed by atoms with Gasteiger partial charge < -0.3 is 5.32 Å². The Morgan fingerprint density at radius 1 is 1.64 bits per heavy atom. The zero-order valence-corrected chi connectivity index (χ0v) is 8.82. The van der Waals surface area contributed by atoms with Crippen molar-refractivity contribution in [3.8, 4) is 0 Å². The molecule has 1 fully saturated rings. The van der Waals surface area contributed by atoms with Crippen molar-refractivity contribution >= 4 is 15.9 Å². The molecule has 3 unspecified atom stereocenters. The van der Waals surface area contributed by atoms with Gasteiger partial charge in [0.05, 0.1) is 0 Å². The van der Waals surface area contributed by atoms with Crippen molar-refractivity contribution in [2.75, 3.05) is 6.54 Å². The maximum atomic E-state index is 3.78. The minimum absolute atomic E-state index is 0.722.